The van der Waals surface area contributed by atoms with Crippen molar-refractivity contribution in [2.24, 2.45) is 4.99 Å². The minimum Gasteiger partial charge on any atom is -0.361 e. The predicted octanol–water partition coefficient (Wildman–Crippen LogP) is 2.68. The Morgan fingerprint density at radius 3 is 2.68 bits per heavy atom. The first-order chi connectivity index (χ1) is 13.2. The second-order valence-corrected chi connectivity index (χ2v) is 7.07. The predicted molar refractivity (Wildman–Crippen MR) is 122 cm³/mol. The van der Waals surface area contributed by atoms with E-state index in [1.807, 2.05) is 33.2 Å². The van der Waals surface area contributed by atoms with Crippen molar-refractivity contribution < 1.29 is 4.52 Å². The first-order valence-corrected chi connectivity index (χ1v) is 9.67. The van der Waals surface area contributed by atoms with Gasteiger partial charge in [0.25, 0.3) is 0 Å². The van der Waals surface area contributed by atoms with E-state index in [4.69, 9.17) is 4.52 Å². The van der Waals surface area contributed by atoms with E-state index >= 15 is 0 Å². The van der Waals surface area contributed by atoms with Gasteiger partial charge in [-0.25, -0.2) is 0 Å². The van der Waals surface area contributed by atoms with Gasteiger partial charge in [-0.2, -0.15) is 0 Å². The SMILES string of the molecule is CN=C(NCCc1c(C)noc1C)NC1CCN(Cc2ccccn2)CC1.I. The lowest BCUT2D eigenvalue weighted by atomic mass is 10.0. The van der Waals surface area contributed by atoms with Crippen molar-refractivity contribution in [3.63, 3.8) is 0 Å². The molecular weight excluding hydrogens is 467 g/mol. The van der Waals surface area contributed by atoms with Gasteiger partial charge < -0.3 is 15.2 Å². The van der Waals surface area contributed by atoms with Crippen molar-refractivity contribution in [2.75, 3.05) is 26.7 Å². The molecule has 1 saturated heterocycles. The molecule has 1 aliphatic heterocycles. The lowest BCUT2D eigenvalue weighted by molar-refractivity contribution is 0.196. The molecule has 0 spiro atoms. The Balaban J connectivity index is 0.00000280. The second kappa shape index (κ2) is 11.4. The average molecular weight is 498 g/mol. The number of aryl methyl sites for hydroxylation is 2. The summed E-state index contributed by atoms with van der Waals surface area (Å²) in [6.07, 6.45) is 4.96. The van der Waals surface area contributed by atoms with Gasteiger partial charge in [-0.15, -0.1) is 24.0 Å². The summed E-state index contributed by atoms with van der Waals surface area (Å²) in [6.45, 7) is 7.83. The number of hydrogen-bond donors (Lipinski definition) is 2. The molecule has 2 aromatic heterocycles. The Bertz CT molecular complexity index is 721. The van der Waals surface area contributed by atoms with Crippen LogP contribution in [0.2, 0.25) is 0 Å². The molecule has 3 heterocycles. The van der Waals surface area contributed by atoms with Crippen LogP contribution in [0.3, 0.4) is 0 Å². The summed E-state index contributed by atoms with van der Waals surface area (Å²) in [4.78, 5) is 11.3. The van der Waals surface area contributed by atoms with Crippen molar-refractivity contribution in [3.8, 4) is 0 Å². The molecular formula is C20H31IN6O. The fraction of sp³-hybridized carbons (Fsp3) is 0.550. The van der Waals surface area contributed by atoms with Gasteiger partial charge in [-0.05, 0) is 45.2 Å². The molecule has 8 heteroatoms. The molecule has 3 rings (SSSR count). The average Bonchev–Trinajstić information content (AvgIpc) is 3.01. The Morgan fingerprint density at radius 1 is 1.29 bits per heavy atom. The number of aromatic nitrogens is 2. The third kappa shape index (κ3) is 6.44. The number of guanidine groups is 1. The van der Waals surface area contributed by atoms with E-state index in [0.29, 0.717) is 6.04 Å². The molecule has 0 saturated carbocycles. The maximum Gasteiger partial charge on any atom is 0.191 e. The zero-order chi connectivity index (χ0) is 19.1. The minimum absolute atomic E-state index is 0. The highest BCUT2D eigenvalue weighted by Crippen LogP contribution is 2.13. The summed E-state index contributed by atoms with van der Waals surface area (Å²) in [6, 6.07) is 6.56. The zero-order valence-corrected chi connectivity index (χ0v) is 19.3. The number of rotatable bonds is 6. The van der Waals surface area contributed by atoms with Crippen LogP contribution in [0.1, 0.15) is 35.6 Å². The van der Waals surface area contributed by atoms with Crippen molar-refractivity contribution in [1.29, 1.82) is 0 Å². The molecule has 1 aliphatic rings. The lowest BCUT2D eigenvalue weighted by Gasteiger charge is -2.32. The minimum atomic E-state index is 0. The topological polar surface area (TPSA) is 78.6 Å². The smallest absolute Gasteiger partial charge is 0.191 e. The largest absolute Gasteiger partial charge is 0.361 e. The molecule has 0 unspecified atom stereocenters. The van der Waals surface area contributed by atoms with Crippen LogP contribution >= 0.6 is 24.0 Å². The summed E-state index contributed by atoms with van der Waals surface area (Å²) in [5.74, 6) is 1.77. The van der Waals surface area contributed by atoms with Crippen molar-refractivity contribution >= 4 is 29.9 Å². The maximum atomic E-state index is 5.22. The highest BCUT2D eigenvalue weighted by Gasteiger charge is 2.20. The molecule has 0 aromatic carbocycles. The normalized spacial score (nSPS) is 15.9. The van der Waals surface area contributed by atoms with E-state index < -0.39 is 0 Å². The Morgan fingerprint density at radius 2 is 2.07 bits per heavy atom. The molecule has 0 aliphatic carbocycles. The van der Waals surface area contributed by atoms with Crippen molar-refractivity contribution in [2.45, 2.75) is 45.7 Å². The third-order valence-electron chi connectivity index (χ3n) is 5.11. The molecule has 2 aromatic rings. The van der Waals surface area contributed by atoms with Gasteiger partial charge in [0.05, 0.1) is 11.4 Å². The van der Waals surface area contributed by atoms with Crippen LogP contribution < -0.4 is 10.6 Å². The van der Waals surface area contributed by atoms with E-state index in [2.05, 4.69) is 42.8 Å². The number of nitrogens with zero attached hydrogens (tertiary/aromatic N) is 4. The Labute approximate surface area is 184 Å². The van der Waals surface area contributed by atoms with Crippen LogP contribution in [-0.2, 0) is 13.0 Å². The van der Waals surface area contributed by atoms with Gasteiger partial charge in [0, 0.05) is 51.0 Å². The molecule has 0 radical (unpaired) electrons. The number of halogens is 1. The fourth-order valence-electron chi connectivity index (χ4n) is 3.51. The van der Waals surface area contributed by atoms with Crippen LogP contribution in [0.25, 0.3) is 0 Å². The first-order valence-electron chi connectivity index (χ1n) is 9.67. The molecule has 1 fully saturated rings. The molecule has 0 bridgehead atoms. The lowest BCUT2D eigenvalue weighted by Crippen LogP contribution is -2.48. The Hall–Kier alpha value is -1.68. The van der Waals surface area contributed by atoms with Crippen molar-refractivity contribution in [3.05, 3.63) is 47.1 Å². The van der Waals surface area contributed by atoms with E-state index in [0.717, 1.165) is 68.5 Å². The second-order valence-electron chi connectivity index (χ2n) is 7.07. The number of piperidine rings is 1. The monoisotopic (exact) mass is 498 g/mol. The van der Waals surface area contributed by atoms with Crippen LogP contribution in [0.15, 0.2) is 33.9 Å². The molecule has 0 amide bonds. The molecule has 0 atom stereocenters. The number of nitrogens with one attached hydrogen (secondary N) is 2. The highest BCUT2D eigenvalue weighted by atomic mass is 127. The van der Waals surface area contributed by atoms with Crippen LogP contribution in [0, 0.1) is 13.8 Å². The number of likely N-dealkylation sites (tertiary alicyclic amines) is 1. The maximum absolute atomic E-state index is 5.22. The molecule has 28 heavy (non-hydrogen) atoms. The van der Waals surface area contributed by atoms with Gasteiger partial charge in [-0.1, -0.05) is 11.2 Å². The molecule has 2 N–H and O–H groups in total. The number of hydrogen-bond acceptors (Lipinski definition) is 5. The summed E-state index contributed by atoms with van der Waals surface area (Å²) in [5.41, 5.74) is 3.29. The van der Waals surface area contributed by atoms with Crippen LogP contribution in [-0.4, -0.2) is 53.7 Å². The Kier molecular flexibility index (Phi) is 9.17. The first kappa shape index (κ1) is 22.6. The van der Waals surface area contributed by atoms with E-state index in [1.165, 1.54) is 5.56 Å². The van der Waals surface area contributed by atoms with E-state index in [1.54, 1.807) is 0 Å². The number of pyridine rings is 1. The highest BCUT2D eigenvalue weighted by molar-refractivity contribution is 14.0. The van der Waals surface area contributed by atoms with Gasteiger partial charge in [-0.3, -0.25) is 14.9 Å². The summed E-state index contributed by atoms with van der Waals surface area (Å²) in [5, 5.41) is 11.0. The molecule has 154 valence electrons. The van der Waals surface area contributed by atoms with Gasteiger partial charge in [0.2, 0.25) is 0 Å². The van der Waals surface area contributed by atoms with Crippen LogP contribution in [0.5, 0.6) is 0 Å². The van der Waals surface area contributed by atoms with E-state index in [-0.39, 0.29) is 24.0 Å². The zero-order valence-electron chi connectivity index (χ0n) is 16.9. The van der Waals surface area contributed by atoms with Crippen LogP contribution in [0.4, 0.5) is 0 Å². The number of aliphatic imine (C=N–C) groups is 1. The summed E-state index contributed by atoms with van der Waals surface area (Å²) >= 11 is 0. The fourth-order valence-corrected chi connectivity index (χ4v) is 3.51. The van der Waals surface area contributed by atoms with Crippen molar-refractivity contribution in [1.82, 2.24) is 25.7 Å². The van der Waals surface area contributed by atoms with Gasteiger partial charge >= 0.3 is 0 Å². The van der Waals surface area contributed by atoms with Gasteiger partial charge in [0.1, 0.15) is 5.76 Å². The molecule has 7 nitrogen and oxygen atoms in total. The quantitative estimate of drug-likeness (QED) is 0.363. The summed E-state index contributed by atoms with van der Waals surface area (Å²) < 4.78 is 5.22. The van der Waals surface area contributed by atoms with E-state index in [9.17, 15) is 0 Å². The third-order valence-corrected chi connectivity index (χ3v) is 5.11. The van der Waals surface area contributed by atoms with Gasteiger partial charge in [0.15, 0.2) is 5.96 Å². The standard InChI is InChI=1S/C20H30N6O.HI/c1-15-19(16(2)27-25-15)7-11-23-20(21-3)24-17-8-12-26(13-9-17)14-18-6-4-5-10-22-18;/h4-6,10,17H,7-9,11-14H2,1-3H3,(H2,21,23,24);1H. The summed E-state index contributed by atoms with van der Waals surface area (Å²) in [7, 11) is 1.82.